The lowest BCUT2D eigenvalue weighted by atomic mass is 9.87. The largest absolute Gasteiger partial charge is 0.354 e. The first kappa shape index (κ1) is 7.11. The standard InChI is InChI=1S/C10H14O/c1-3-6-10-8-5-4-7-9(10,2)11-10/h4-5,7-8H,3,6H2,1-2H3. The summed E-state index contributed by atoms with van der Waals surface area (Å²) in [6, 6.07) is 0. The van der Waals surface area contributed by atoms with Gasteiger partial charge in [0.15, 0.2) is 0 Å². The summed E-state index contributed by atoms with van der Waals surface area (Å²) >= 11 is 0. The van der Waals surface area contributed by atoms with E-state index in [0.717, 1.165) is 6.42 Å². The van der Waals surface area contributed by atoms with Crippen LogP contribution in [-0.4, -0.2) is 11.2 Å². The lowest BCUT2D eigenvalue weighted by Crippen LogP contribution is -2.20. The van der Waals surface area contributed by atoms with Crippen molar-refractivity contribution in [2.45, 2.75) is 37.9 Å². The Hall–Kier alpha value is -0.560. The number of allylic oxidation sites excluding steroid dienone is 2. The quantitative estimate of drug-likeness (QED) is 0.551. The first-order valence-electron chi connectivity index (χ1n) is 4.30. The van der Waals surface area contributed by atoms with Crippen molar-refractivity contribution in [3.05, 3.63) is 24.3 Å². The van der Waals surface area contributed by atoms with E-state index in [1.165, 1.54) is 6.42 Å². The van der Waals surface area contributed by atoms with Gasteiger partial charge in [0.25, 0.3) is 0 Å². The lowest BCUT2D eigenvalue weighted by molar-refractivity contribution is 0.304. The van der Waals surface area contributed by atoms with Gasteiger partial charge in [0, 0.05) is 0 Å². The van der Waals surface area contributed by atoms with Gasteiger partial charge < -0.3 is 4.74 Å². The van der Waals surface area contributed by atoms with E-state index in [4.69, 9.17) is 4.74 Å². The summed E-state index contributed by atoms with van der Waals surface area (Å²) in [6.07, 6.45) is 10.8. The van der Waals surface area contributed by atoms with Crippen LogP contribution in [0, 0.1) is 0 Å². The molecule has 1 aliphatic carbocycles. The maximum absolute atomic E-state index is 5.72. The van der Waals surface area contributed by atoms with Gasteiger partial charge in [-0.1, -0.05) is 25.5 Å². The maximum atomic E-state index is 5.72. The normalized spacial score (nSPS) is 45.6. The summed E-state index contributed by atoms with van der Waals surface area (Å²) in [4.78, 5) is 0. The predicted octanol–water partition coefficient (Wildman–Crippen LogP) is 2.44. The molecule has 1 aliphatic heterocycles. The molecule has 0 spiro atoms. The molecule has 0 aromatic carbocycles. The van der Waals surface area contributed by atoms with Crippen LogP contribution in [0.15, 0.2) is 24.3 Å². The van der Waals surface area contributed by atoms with Gasteiger partial charge in [-0.25, -0.2) is 0 Å². The summed E-state index contributed by atoms with van der Waals surface area (Å²) in [5.74, 6) is 0. The molecule has 1 fully saturated rings. The minimum atomic E-state index is 0.0256. The van der Waals surface area contributed by atoms with Crippen molar-refractivity contribution in [1.29, 1.82) is 0 Å². The van der Waals surface area contributed by atoms with Gasteiger partial charge in [0.05, 0.1) is 0 Å². The Morgan fingerprint density at radius 2 is 2.00 bits per heavy atom. The van der Waals surface area contributed by atoms with E-state index in [-0.39, 0.29) is 11.2 Å². The topological polar surface area (TPSA) is 12.5 Å². The molecule has 1 saturated heterocycles. The molecule has 0 aromatic heterocycles. The Kier molecular flexibility index (Phi) is 1.28. The number of epoxide rings is 1. The van der Waals surface area contributed by atoms with Gasteiger partial charge in [-0.15, -0.1) is 0 Å². The molecule has 0 amide bonds. The Labute approximate surface area is 67.7 Å². The number of ether oxygens (including phenoxy) is 1. The van der Waals surface area contributed by atoms with Crippen molar-refractivity contribution < 1.29 is 4.74 Å². The van der Waals surface area contributed by atoms with Crippen molar-refractivity contribution in [1.82, 2.24) is 0 Å². The van der Waals surface area contributed by atoms with Gasteiger partial charge in [0.1, 0.15) is 11.2 Å². The summed E-state index contributed by atoms with van der Waals surface area (Å²) in [6.45, 7) is 4.35. The average Bonchev–Trinajstić information content (AvgIpc) is 2.56. The molecule has 0 N–H and O–H groups in total. The third-order valence-electron chi connectivity index (χ3n) is 2.70. The number of hydrogen-bond donors (Lipinski definition) is 0. The van der Waals surface area contributed by atoms with Crippen LogP contribution in [0.25, 0.3) is 0 Å². The van der Waals surface area contributed by atoms with Crippen LogP contribution in [0.2, 0.25) is 0 Å². The fourth-order valence-electron chi connectivity index (χ4n) is 1.93. The summed E-state index contributed by atoms with van der Waals surface area (Å²) < 4.78 is 5.72. The second-order valence-corrected chi connectivity index (χ2v) is 3.57. The van der Waals surface area contributed by atoms with Gasteiger partial charge in [-0.3, -0.25) is 0 Å². The minimum Gasteiger partial charge on any atom is -0.354 e. The second kappa shape index (κ2) is 1.98. The van der Waals surface area contributed by atoms with E-state index in [1.54, 1.807) is 0 Å². The SMILES string of the molecule is CCCC12C=CC=CC1(C)O2. The Bertz CT molecular complexity index is 229. The van der Waals surface area contributed by atoms with Crippen LogP contribution in [0.4, 0.5) is 0 Å². The van der Waals surface area contributed by atoms with Gasteiger partial charge in [-0.2, -0.15) is 0 Å². The summed E-state index contributed by atoms with van der Waals surface area (Å²) in [5.41, 5.74) is 0.0915. The van der Waals surface area contributed by atoms with Crippen LogP contribution < -0.4 is 0 Å². The molecule has 0 saturated carbocycles. The van der Waals surface area contributed by atoms with Crippen molar-refractivity contribution >= 4 is 0 Å². The van der Waals surface area contributed by atoms with E-state index >= 15 is 0 Å². The zero-order chi connectivity index (χ0) is 7.95. The number of fused-ring (bicyclic) bond motifs is 1. The van der Waals surface area contributed by atoms with Crippen molar-refractivity contribution in [3.8, 4) is 0 Å². The molecule has 2 unspecified atom stereocenters. The molecular formula is C10H14O. The fraction of sp³-hybridized carbons (Fsp3) is 0.600. The third-order valence-corrected chi connectivity index (χ3v) is 2.70. The molecular weight excluding hydrogens is 136 g/mol. The zero-order valence-corrected chi connectivity index (χ0v) is 7.13. The Morgan fingerprint density at radius 1 is 1.27 bits per heavy atom. The van der Waals surface area contributed by atoms with Crippen molar-refractivity contribution in [3.63, 3.8) is 0 Å². The van der Waals surface area contributed by atoms with Crippen LogP contribution in [0.3, 0.4) is 0 Å². The van der Waals surface area contributed by atoms with Gasteiger partial charge in [-0.05, 0) is 25.5 Å². The smallest absolute Gasteiger partial charge is 0.120 e. The molecule has 60 valence electrons. The molecule has 2 atom stereocenters. The zero-order valence-electron chi connectivity index (χ0n) is 7.13. The van der Waals surface area contributed by atoms with Crippen LogP contribution >= 0.6 is 0 Å². The van der Waals surface area contributed by atoms with E-state index < -0.39 is 0 Å². The fourth-order valence-corrected chi connectivity index (χ4v) is 1.93. The summed E-state index contributed by atoms with van der Waals surface area (Å²) in [5, 5.41) is 0. The van der Waals surface area contributed by atoms with E-state index in [0.29, 0.717) is 0 Å². The first-order chi connectivity index (χ1) is 5.22. The highest BCUT2D eigenvalue weighted by Gasteiger charge is 2.63. The van der Waals surface area contributed by atoms with Crippen LogP contribution in [0.1, 0.15) is 26.7 Å². The maximum Gasteiger partial charge on any atom is 0.120 e. The van der Waals surface area contributed by atoms with E-state index in [2.05, 4.69) is 38.2 Å². The van der Waals surface area contributed by atoms with Crippen molar-refractivity contribution in [2.24, 2.45) is 0 Å². The average molecular weight is 150 g/mol. The lowest BCUT2D eigenvalue weighted by Gasteiger charge is -2.11. The molecule has 1 heterocycles. The molecule has 0 radical (unpaired) electrons. The minimum absolute atomic E-state index is 0.0256. The van der Waals surface area contributed by atoms with Gasteiger partial charge in [0.2, 0.25) is 0 Å². The molecule has 1 heteroatoms. The first-order valence-corrected chi connectivity index (χ1v) is 4.30. The molecule has 11 heavy (non-hydrogen) atoms. The molecule has 2 aliphatic rings. The molecule has 2 rings (SSSR count). The highest BCUT2D eigenvalue weighted by atomic mass is 16.6. The molecule has 1 nitrogen and oxygen atoms in total. The Morgan fingerprint density at radius 3 is 2.64 bits per heavy atom. The van der Waals surface area contributed by atoms with Crippen molar-refractivity contribution in [2.75, 3.05) is 0 Å². The predicted molar refractivity (Wildman–Crippen MR) is 45.4 cm³/mol. The van der Waals surface area contributed by atoms with E-state index in [9.17, 15) is 0 Å². The second-order valence-electron chi connectivity index (χ2n) is 3.57. The third kappa shape index (κ3) is 0.807. The van der Waals surface area contributed by atoms with Crippen LogP contribution in [0.5, 0.6) is 0 Å². The summed E-state index contributed by atoms with van der Waals surface area (Å²) in [7, 11) is 0. The van der Waals surface area contributed by atoms with Crippen LogP contribution in [-0.2, 0) is 4.74 Å². The number of hydrogen-bond acceptors (Lipinski definition) is 1. The number of rotatable bonds is 2. The van der Waals surface area contributed by atoms with E-state index in [1.807, 2.05) is 0 Å². The highest BCUT2D eigenvalue weighted by molar-refractivity contribution is 5.37. The Balaban J connectivity index is 2.20. The monoisotopic (exact) mass is 150 g/mol. The van der Waals surface area contributed by atoms with Gasteiger partial charge >= 0.3 is 0 Å². The molecule has 0 bridgehead atoms. The molecule has 0 aromatic rings. The highest BCUT2D eigenvalue weighted by Crippen LogP contribution is 2.54.